The second kappa shape index (κ2) is 6.13. The van der Waals surface area contributed by atoms with E-state index in [1.54, 1.807) is 0 Å². The predicted molar refractivity (Wildman–Crippen MR) is 97.8 cm³/mol. The molecule has 2 aromatic rings. The maximum atomic E-state index is 4.68. The van der Waals surface area contributed by atoms with Gasteiger partial charge in [-0.3, -0.25) is 0 Å². The Morgan fingerprint density at radius 2 is 2.00 bits per heavy atom. The molecular formula is C19H19N3S. The highest BCUT2D eigenvalue weighted by molar-refractivity contribution is 7.99. The topological polar surface area (TPSA) is 27.6 Å². The fourth-order valence-corrected chi connectivity index (χ4v) is 4.04. The SMILES string of the molecule is CCCN1CC=CN=C1c1cccc2c1Nc1ccccc1S2. The summed E-state index contributed by atoms with van der Waals surface area (Å²) in [4.78, 5) is 9.56. The fourth-order valence-electron chi connectivity index (χ4n) is 3.02. The highest BCUT2D eigenvalue weighted by atomic mass is 32.2. The minimum Gasteiger partial charge on any atom is -0.353 e. The van der Waals surface area contributed by atoms with Crippen molar-refractivity contribution < 1.29 is 0 Å². The van der Waals surface area contributed by atoms with E-state index in [9.17, 15) is 0 Å². The van der Waals surface area contributed by atoms with Crippen molar-refractivity contribution in [1.82, 2.24) is 4.90 Å². The smallest absolute Gasteiger partial charge is 0.138 e. The van der Waals surface area contributed by atoms with Crippen LogP contribution in [0.3, 0.4) is 0 Å². The van der Waals surface area contributed by atoms with Crippen LogP contribution in [0.25, 0.3) is 0 Å². The molecule has 0 saturated carbocycles. The van der Waals surface area contributed by atoms with Crippen molar-refractivity contribution in [2.45, 2.75) is 23.1 Å². The molecule has 0 saturated heterocycles. The van der Waals surface area contributed by atoms with Gasteiger partial charge in [-0.1, -0.05) is 36.9 Å². The summed E-state index contributed by atoms with van der Waals surface area (Å²) < 4.78 is 0. The van der Waals surface area contributed by atoms with Crippen LogP contribution in [0.5, 0.6) is 0 Å². The van der Waals surface area contributed by atoms with Gasteiger partial charge >= 0.3 is 0 Å². The number of nitrogens with zero attached hydrogens (tertiary/aromatic N) is 2. The second-order valence-corrected chi connectivity index (χ2v) is 6.77. The van der Waals surface area contributed by atoms with E-state index < -0.39 is 0 Å². The summed E-state index contributed by atoms with van der Waals surface area (Å²) >= 11 is 1.82. The third kappa shape index (κ3) is 2.63. The Labute approximate surface area is 141 Å². The molecule has 2 aromatic carbocycles. The maximum Gasteiger partial charge on any atom is 0.138 e. The predicted octanol–water partition coefficient (Wildman–Crippen LogP) is 4.88. The van der Waals surface area contributed by atoms with E-state index in [4.69, 9.17) is 0 Å². The molecule has 23 heavy (non-hydrogen) atoms. The van der Waals surface area contributed by atoms with Gasteiger partial charge in [0.15, 0.2) is 0 Å². The quantitative estimate of drug-likeness (QED) is 0.745. The van der Waals surface area contributed by atoms with E-state index in [0.717, 1.165) is 25.3 Å². The van der Waals surface area contributed by atoms with Crippen molar-refractivity contribution in [2.75, 3.05) is 18.4 Å². The Morgan fingerprint density at radius 3 is 2.91 bits per heavy atom. The Balaban J connectivity index is 1.77. The van der Waals surface area contributed by atoms with Crippen molar-refractivity contribution in [1.29, 1.82) is 0 Å². The van der Waals surface area contributed by atoms with Gasteiger partial charge in [-0.2, -0.15) is 0 Å². The molecule has 4 heteroatoms. The summed E-state index contributed by atoms with van der Waals surface area (Å²) in [7, 11) is 0. The minimum atomic E-state index is 0.931. The number of hydrogen-bond acceptors (Lipinski definition) is 4. The van der Waals surface area contributed by atoms with Crippen LogP contribution in [0, 0.1) is 0 Å². The molecule has 2 aliphatic heterocycles. The Hall–Kier alpha value is -2.20. The number of aliphatic imine (C=N–C) groups is 1. The summed E-state index contributed by atoms with van der Waals surface area (Å²) in [6.07, 6.45) is 5.16. The summed E-state index contributed by atoms with van der Waals surface area (Å²) in [5.41, 5.74) is 3.53. The van der Waals surface area contributed by atoms with E-state index >= 15 is 0 Å². The first kappa shape index (κ1) is 14.4. The molecule has 2 heterocycles. The summed E-state index contributed by atoms with van der Waals surface area (Å²) in [6.45, 7) is 4.16. The molecular weight excluding hydrogens is 302 g/mol. The minimum absolute atomic E-state index is 0.931. The van der Waals surface area contributed by atoms with Gasteiger partial charge in [-0.05, 0) is 36.8 Å². The first-order valence-electron chi connectivity index (χ1n) is 8.02. The Kier molecular flexibility index (Phi) is 3.83. The van der Waals surface area contributed by atoms with E-state index in [2.05, 4.69) is 70.7 Å². The van der Waals surface area contributed by atoms with Crippen LogP contribution in [-0.2, 0) is 0 Å². The lowest BCUT2D eigenvalue weighted by molar-refractivity contribution is 0.455. The molecule has 3 nitrogen and oxygen atoms in total. The normalized spacial score (nSPS) is 15.5. The van der Waals surface area contributed by atoms with Gasteiger partial charge < -0.3 is 10.2 Å². The lowest BCUT2D eigenvalue weighted by Crippen LogP contribution is -2.34. The fraction of sp³-hybridized carbons (Fsp3) is 0.211. The average Bonchev–Trinajstić information content (AvgIpc) is 2.60. The van der Waals surface area contributed by atoms with Crippen molar-refractivity contribution in [3.63, 3.8) is 0 Å². The van der Waals surface area contributed by atoms with Crippen molar-refractivity contribution >= 4 is 29.0 Å². The molecule has 0 radical (unpaired) electrons. The Bertz CT molecular complexity index is 795. The van der Waals surface area contributed by atoms with Crippen LogP contribution in [-0.4, -0.2) is 23.8 Å². The van der Waals surface area contributed by atoms with Gasteiger partial charge in [0.2, 0.25) is 0 Å². The second-order valence-electron chi connectivity index (χ2n) is 5.69. The van der Waals surface area contributed by atoms with E-state index in [1.807, 2.05) is 18.0 Å². The molecule has 0 atom stereocenters. The maximum absolute atomic E-state index is 4.68. The molecule has 0 aliphatic carbocycles. The monoisotopic (exact) mass is 321 g/mol. The van der Waals surface area contributed by atoms with Crippen LogP contribution in [0.4, 0.5) is 11.4 Å². The highest BCUT2D eigenvalue weighted by Gasteiger charge is 2.23. The zero-order chi connectivity index (χ0) is 15.6. The zero-order valence-electron chi connectivity index (χ0n) is 13.1. The van der Waals surface area contributed by atoms with E-state index in [1.165, 1.54) is 26.7 Å². The van der Waals surface area contributed by atoms with Crippen molar-refractivity contribution in [3.8, 4) is 0 Å². The molecule has 0 unspecified atom stereocenters. The molecule has 0 spiro atoms. The largest absolute Gasteiger partial charge is 0.353 e. The Morgan fingerprint density at radius 1 is 1.13 bits per heavy atom. The van der Waals surface area contributed by atoms with Crippen LogP contribution in [0.15, 0.2) is 69.5 Å². The first-order valence-corrected chi connectivity index (χ1v) is 8.83. The van der Waals surface area contributed by atoms with Crippen LogP contribution in [0.2, 0.25) is 0 Å². The lowest BCUT2D eigenvalue weighted by Gasteiger charge is -2.30. The number of benzene rings is 2. The van der Waals surface area contributed by atoms with Crippen LogP contribution < -0.4 is 5.32 Å². The van der Waals surface area contributed by atoms with Crippen LogP contribution in [0.1, 0.15) is 18.9 Å². The first-order chi connectivity index (χ1) is 11.4. The van der Waals surface area contributed by atoms with Gasteiger partial charge in [0, 0.05) is 34.6 Å². The molecule has 0 amide bonds. The van der Waals surface area contributed by atoms with Gasteiger partial charge in [0.25, 0.3) is 0 Å². The van der Waals surface area contributed by atoms with Gasteiger partial charge in [0.05, 0.1) is 11.4 Å². The molecule has 2 aliphatic rings. The molecule has 116 valence electrons. The molecule has 0 fully saturated rings. The summed E-state index contributed by atoms with van der Waals surface area (Å²) in [5, 5.41) is 3.62. The standard InChI is InChI=1S/C19H19N3S/c1-2-12-22-13-6-11-20-19(22)14-7-5-10-17-18(14)21-15-8-3-4-9-16(15)23-17/h3-11,21H,2,12-13H2,1H3. The van der Waals surface area contributed by atoms with Gasteiger partial charge in [-0.25, -0.2) is 4.99 Å². The number of anilines is 2. The number of fused-ring (bicyclic) bond motifs is 2. The number of nitrogens with one attached hydrogen (secondary N) is 1. The lowest BCUT2D eigenvalue weighted by atomic mass is 10.1. The van der Waals surface area contributed by atoms with Crippen LogP contribution >= 0.6 is 11.8 Å². The van der Waals surface area contributed by atoms with Crippen molar-refractivity contribution in [3.05, 3.63) is 60.3 Å². The summed E-state index contributed by atoms with van der Waals surface area (Å²) in [6, 6.07) is 14.9. The third-order valence-electron chi connectivity index (χ3n) is 4.05. The van der Waals surface area contributed by atoms with Gasteiger partial charge in [-0.15, -0.1) is 0 Å². The number of rotatable bonds is 3. The molecule has 0 bridgehead atoms. The number of amidine groups is 1. The summed E-state index contributed by atoms with van der Waals surface area (Å²) in [5.74, 6) is 1.07. The molecule has 0 aromatic heterocycles. The van der Waals surface area contributed by atoms with E-state index in [-0.39, 0.29) is 0 Å². The average molecular weight is 321 g/mol. The number of hydrogen-bond donors (Lipinski definition) is 1. The molecule has 4 rings (SSSR count). The third-order valence-corrected chi connectivity index (χ3v) is 5.19. The zero-order valence-corrected chi connectivity index (χ0v) is 13.9. The van der Waals surface area contributed by atoms with Gasteiger partial charge in [0.1, 0.15) is 5.84 Å². The van der Waals surface area contributed by atoms with E-state index in [0.29, 0.717) is 0 Å². The highest BCUT2D eigenvalue weighted by Crippen LogP contribution is 2.45. The van der Waals surface area contributed by atoms with Crippen molar-refractivity contribution in [2.24, 2.45) is 4.99 Å². The molecule has 1 N–H and O–H groups in total. The number of para-hydroxylation sites is 2.